The van der Waals surface area contributed by atoms with Gasteiger partial charge in [-0.05, 0) is 131 Å². The molecule has 0 aliphatic rings. The molecule has 0 radical (unpaired) electrons. The summed E-state index contributed by atoms with van der Waals surface area (Å²) in [4.78, 5) is 334. The summed E-state index contributed by atoms with van der Waals surface area (Å²) < 4.78 is 0. The standard InChI is InChI=1S/C87H140N22O32/c1-11-44(10)71(109-84(137)57(33-43(8)9)104-85(138)61(39-110)108-78(131)52(23-28-69(121)122)99-82(135)59(36-65(93)115)106-80(133)55(31-41(4)5)101-72(125)47(89)35-64(92)114)86(139)107-60(37-70(123)124)83(136)103-56(32-42(6)7)79(132)97-49(19-24-62(90)112)75(128)96-51(22-27-68(119)120)77(130)102-54(30-40(2)3)73(126)94-38-66(116)95-48(14-12-13-29-88)74(127)105-58(34-45-15-17-46(111)18-16-45)81(134)98-50(21-26-67(117)118)76(129)100-53(87(140)141)20-25-63(91)113/h15-18,40-44,47-61,71,110-111H,11-14,19-39,88-89H2,1-10H3,(H2,90,112)(H2,91,113)(H2,92,114)(H2,93,115)(H,94,126)(H,95,116)(H,96,128)(H,97,132)(H,98,134)(H,99,135)(H,100,129)(H,101,125)(H,102,130)(H,103,136)(H,104,138)(H,105,127)(H,106,133)(H,107,139)(H,108,131)(H,109,137)(H,117,118)(H,119,120)(H,121,122)(H,123,124)(H,140,141)/t44-,47-,48-,49-,50-,51-,52-,53-,54-,55-,56-,57-,58-,59-,60-,61-,71-/m0/s1. The monoisotopic (exact) mass is 2010 g/mol. The van der Waals surface area contributed by atoms with Crippen LogP contribution in [-0.4, -0.2) is 300 Å². The molecule has 790 valence electrons. The van der Waals surface area contributed by atoms with Gasteiger partial charge in [-0.15, -0.1) is 0 Å². The first-order chi connectivity index (χ1) is 65.8. The van der Waals surface area contributed by atoms with E-state index in [2.05, 4.69) is 85.1 Å². The van der Waals surface area contributed by atoms with Crippen molar-refractivity contribution < 1.29 is 156 Å². The number of nitrogens with two attached hydrogens (primary N) is 6. The summed E-state index contributed by atoms with van der Waals surface area (Å²) in [6.45, 7) is 13.7. The largest absolute Gasteiger partial charge is 0.508 e. The first-order valence-corrected chi connectivity index (χ1v) is 45.7. The average Bonchev–Trinajstić information content (AvgIpc) is 0.838. The van der Waals surface area contributed by atoms with Crippen LogP contribution in [0.5, 0.6) is 5.75 Å². The first kappa shape index (κ1) is 125. The predicted molar refractivity (Wildman–Crippen MR) is 494 cm³/mol. The Balaban J connectivity index is 3.73. The Morgan fingerprint density at radius 2 is 0.617 bits per heavy atom. The van der Waals surface area contributed by atoms with Crippen molar-refractivity contribution >= 4 is 148 Å². The van der Waals surface area contributed by atoms with E-state index in [9.17, 15) is 156 Å². The number of aliphatic carboxylic acids is 5. The molecule has 54 nitrogen and oxygen atoms in total. The minimum Gasteiger partial charge on any atom is -0.508 e. The van der Waals surface area contributed by atoms with Gasteiger partial charge in [0.15, 0.2) is 0 Å². The highest BCUT2D eigenvalue weighted by Crippen LogP contribution is 2.19. The molecule has 0 fully saturated rings. The van der Waals surface area contributed by atoms with Crippen molar-refractivity contribution in [1.82, 2.24) is 85.1 Å². The van der Waals surface area contributed by atoms with Crippen molar-refractivity contribution in [2.75, 3.05) is 19.7 Å². The lowest BCUT2D eigenvalue weighted by molar-refractivity contribution is -0.143. The molecular weight excluding hydrogens is 1870 g/mol. The van der Waals surface area contributed by atoms with E-state index in [-0.39, 0.29) is 75.1 Å². The van der Waals surface area contributed by atoms with Gasteiger partial charge in [0.2, 0.25) is 118 Å². The molecule has 0 spiro atoms. The van der Waals surface area contributed by atoms with Gasteiger partial charge in [0.25, 0.3) is 0 Å². The summed E-state index contributed by atoms with van der Waals surface area (Å²) in [5, 5.41) is 107. The van der Waals surface area contributed by atoms with Gasteiger partial charge < -0.3 is 155 Å². The number of hydrogen-bond acceptors (Lipinski definition) is 29. The van der Waals surface area contributed by atoms with E-state index >= 15 is 0 Å². The molecule has 0 heterocycles. The van der Waals surface area contributed by atoms with Crippen LogP contribution in [0.3, 0.4) is 0 Å². The molecule has 1 aromatic carbocycles. The Morgan fingerprint density at radius 1 is 0.312 bits per heavy atom. The molecule has 0 unspecified atom stereocenters. The number of primary amides is 4. The van der Waals surface area contributed by atoms with Crippen molar-refractivity contribution in [3.05, 3.63) is 29.8 Å². The number of benzene rings is 1. The van der Waals surface area contributed by atoms with E-state index < -0.39 is 371 Å². The second kappa shape index (κ2) is 64.0. The number of carboxylic acids is 5. The van der Waals surface area contributed by atoms with E-state index in [0.29, 0.717) is 0 Å². The zero-order valence-electron chi connectivity index (χ0n) is 80.4. The number of nitrogens with one attached hydrogen (secondary N) is 16. The van der Waals surface area contributed by atoms with Crippen LogP contribution in [0.15, 0.2) is 24.3 Å². The summed E-state index contributed by atoms with van der Waals surface area (Å²) in [7, 11) is 0. The fourth-order valence-electron chi connectivity index (χ4n) is 13.7. The Bertz CT molecular complexity index is 4520. The van der Waals surface area contributed by atoms with Crippen molar-refractivity contribution in [3.63, 3.8) is 0 Å². The zero-order chi connectivity index (χ0) is 108. The molecule has 17 atom stereocenters. The van der Waals surface area contributed by atoms with Crippen LogP contribution in [-0.2, 0) is 126 Å². The molecule has 35 N–H and O–H groups in total. The van der Waals surface area contributed by atoms with Gasteiger partial charge in [0.1, 0.15) is 96.4 Å². The van der Waals surface area contributed by atoms with Gasteiger partial charge in [0.05, 0.1) is 38.5 Å². The number of aliphatic hydroxyl groups excluding tert-OH is 1. The Labute approximate surface area is 811 Å². The van der Waals surface area contributed by atoms with Crippen LogP contribution < -0.4 is 119 Å². The predicted octanol–water partition coefficient (Wildman–Crippen LogP) is -8.56. The Kier molecular flexibility index (Phi) is 56.6. The van der Waals surface area contributed by atoms with Crippen molar-refractivity contribution in [2.45, 2.75) is 307 Å². The number of carbonyl (C=O) groups excluding carboxylic acids is 20. The van der Waals surface area contributed by atoms with Gasteiger partial charge in [-0.3, -0.25) is 115 Å². The van der Waals surface area contributed by atoms with E-state index in [0.717, 1.165) is 0 Å². The number of carbonyl (C=O) groups is 25. The van der Waals surface area contributed by atoms with Crippen LogP contribution in [0.1, 0.15) is 210 Å². The van der Waals surface area contributed by atoms with Gasteiger partial charge in [-0.1, -0.05) is 87.8 Å². The lowest BCUT2D eigenvalue weighted by atomic mass is 9.96. The second-order valence-electron chi connectivity index (χ2n) is 35.6. The molecule has 1 aromatic rings. The molecule has 1 rings (SSSR count). The summed E-state index contributed by atoms with van der Waals surface area (Å²) in [6.07, 6.45) is -10.7. The number of unbranched alkanes of at least 4 members (excludes halogenated alkanes) is 1. The van der Waals surface area contributed by atoms with Crippen molar-refractivity contribution in [2.24, 2.45) is 64.0 Å². The Hall–Kier alpha value is -14.3. The number of hydrogen-bond donors (Lipinski definition) is 29. The molecule has 20 amide bonds. The number of phenols is 1. The summed E-state index contributed by atoms with van der Waals surface area (Å²) in [5.41, 5.74) is 33.0. The topological polar surface area (TPSA) is 917 Å². The molecular formula is C87H140N22O32. The highest BCUT2D eigenvalue weighted by molar-refractivity contribution is 6.03. The van der Waals surface area contributed by atoms with Crippen LogP contribution >= 0.6 is 0 Å². The third-order valence-electron chi connectivity index (χ3n) is 21.3. The highest BCUT2D eigenvalue weighted by atomic mass is 16.4. The first-order valence-electron chi connectivity index (χ1n) is 45.7. The average molecular weight is 2010 g/mol. The maximum atomic E-state index is 14.6. The minimum atomic E-state index is -2.11. The van der Waals surface area contributed by atoms with Gasteiger partial charge in [0, 0.05) is 38.5 Å². The zero-order valence-corrected chi connectivity index (χ0v) is 80.4. The number of amides is 20. The number of carboxylic acid groups (broad SMARTS) is 5. The van der Waals surface area contributed by atoms with Gasteiger partial charge in [-0.25, -0.2) is 4.79 Å². The number of aromatic hydroxyl groups is 1. The molecule has 0 aliphatic heterocycles. The third kappa shape index (κ3) is 50.7. The van der Waals surface area contributed by atoms with Gasteiger partial charge in [-0.2, -0.15) is 0 Å². The van der Waals surface area contributed by atoms with E-state index in [1.54, 1.807) is 62.3 Å². The van der Waals surface area contributed by atoms with Gasteiger partial charge >= 0.3 is 29.8 Å². The molecule has 54 heteroatoms. The summed E-state index contributed by atoms with van der Waals surface area (Å²) >= 11 is 0. The van der Waals surface area contributed by atoms with E-state index in [4.69, 9.17) is 34.4 Å². The lowest BCUT2D eigenvalue weighted by Crippen LogP contribution is -2.62. The van der Waals surface area contributed by atoms with E-state index in [1.165, 1.54) is 31.2 Å². The molecule has 141 heavy (non-hydrogen) atoms. The van der Waals surface area contributed by atoms with Crippen LogP contribution in [0.2, 0.25) is 0 Å². The van der Waals surface area contributed by atoms with E-state index in [1.807, 2.05) is 0 Å². The highest BCUT2D eigenvalue weighted by Gasteiger charge is 2.41. The number of aliphatic hydroxyl groups is 1. The van der Waals surface area contributed by atoms with Crippen LogP contribution in [0.4, 0.5) is 0 Å². The van der Waals surface area contributed by atoms with Crippen molar-refractivity contribution in [3.8, 4) is 5.75 Å². The number of rotatable bonds is 71. The normalized spacial score (nSPS) is 14.8. The third-order valence-corrected chi connectivity index (χ3v) is 21.3. The Morgan fingerprint density at radius 3 is 0.979 bits per heavy atom. The molecule has 0 aliphatic carbocycles. The molecule has 0 saturated carbocycles. The maximum Gasteiger partial charge on any atom is 0.326 e. The van der Waals surface area contributed by atoms with Crippen molar-refractivity contribution in [1.29, 1.82) is 0 Å². The van der Waals surface area contributed by atoms with Crippen LogP contribution in [0.25, 0.3) is 0 Å². The second-order valence-corrected chi connectivity index (χ2v) is 35.6. The lowest BCUT2D eigenvalue weighted by Gasteiger charge is -2.30. The summed E-state index contributed by atoms with van der Waals surface area (Å²) in [6, 6.07) is -23.2. The molecule has 0 saturated heterocycles. The fourth-order valence-corrected chi connectivity index (χ4v) is 13.7. The quantitative estimate of drug-likeness (QED) is 0.0269. The molecule has 0 bridgehead atoms. The smallest absolute Gasteiger partial charge is 0.326 e. The number of phenolic OH excluding ortho intramolecular Hbond substituents is 1. The summed E-state index contributed by atoms with van der Waals surface area (Å²) in [5.74, 6) is -33.9. The SMILES string of the molecule is CC[C@H](C)[C@H](NC(=O)[C@H](CC(C)C)NC(=O)[C@H](CO)NC(=O)[C@H](CCC(=O)O)NC(=O)[C@H](CC(N)=O)NC(=O)[C@H](CC(C)C)NC(=O)[C@@H](N)CC(N)=O)C(=O)N[C@@H](CC(=O)O)C(=O)N[C@@H](CC(C)C)C(=O)N[C@@H](CCC(N)=O)C(=O)N[C@@H](CCC(=O)O)C(=O)N[C@@H](CC(C)C)C(=O)NCC(=O)N[C@@H](CCCCN)C(=O)N[C@@H](Cc1ccc(O)cc1)C(=O)N[C@@H](CCC(=O)O)C(=O)N[C@@H](CCC(N)=O)C(=O)O. The maximum absolute atomic E-state index is 14.6. The molecule has 0 aromatic heterocycles. The minimum absolute atomic E-state index is 0.0670. The van der Waals surface area contributed by atoms with Crippen LogP contribution in [0, 0.1) is 29.6 Å². The fraction of sp³-hybridized carbons (Fsp3) is 0.644.